The molecule has 0 saturated carbocycles. The van der Waals surface area contributed by atoms with E-state index in [0.717, 1.165) is 29.1 Å². The zero-order chi connectivity index (χ0) is 20.1. The number of aromatic nitrogens is 3. The van der Waals surface area contributed by atoms with Crippen LogP contribution in [0.4, 0.5) is 29.2 Å². The van der Waals surface area contributed by atoms with Gasteiger partial charge in [-0.05, 0) is 55.2 Å². The van der Waals surface area contributed by atoms with Crippen LogP contribution in [0.3, 0.4) is 0 Å². The quantitative estimate of drug-likeness (QED) is 0.517. The Morgan fingerprint density at radius 2 is 1.45 bits per heavy atom. The van der Waals surface area contributed by atoms with Gasteiger partial charge in [-0.3, -0.25) is 0 Å². The van der Waals surface area contributed by atoms with Crippen LogP contribution in [0.15, 0.2) is 78.5 Å². The van der Waals surface area contributed by atoms with E-state index in [9.17, 15) is 0 Å². The van der Waals surface area contributed by atoms with Gasteiger partial charge in [-0.1, -0.05) is 49.4 Å². The SMILES string of the molecule is Cc1cccc(Nc2nc(NC3=CCC(C)C=C3)nc(Nc3ccccc3)n2)c1. The first-order valence-electron chi connectivity index (χ1n) is 9.71. The molecule has 1 aliphatic carbocycles. The lowest BCUT2D eigenvalue weighted by atomic mass is 10.0. The highest BCUT2D eigenvalue weighted by Gasteiger charge is 2.10. The van der Waals surface area contributed by atoms with Crippen molar-refractivity contribution >= 4 is 29.2 Å². The molecule has 146 valence electrons. The van der Waals surface area contributed by atoms with Crippen molar-refractivity contribution in [2.75, 3.05) is 16.0 Å². The van der Waals surface area contributed by atoms with E-state index < -0.39 is 0 Å². The van der Waals surface area contributed by atoms with Crippen LogP contribution in [0.2, 0.25) is 0 Å². The normalized spacial score (nSPS) is 15.5. The minimum absolute atomic E-state index is 0.470. The summed E-state index contributed by atoms with van der Waals surface area (Å²) in [5.74, 6) is 1.98. The van der Waals surface area contributed by atoms with Gasteiger partial charge in [0.15, 0.2) is 0 Å². The van der Waals surface area contributed by atoms with Crippen LogP contribution in [0.1, 0.15) is 18.9 Å². The highest BCUT2D eigenvalue weighted by Crippen LogP contribution is 2.21. The molecule has 1 aliphatic rings. The van der Waals surface area contributed by atoms with Gasteiger partial charge in [-0.15, -0.1) is 0 Å². The first kappa shape index (κ1) is 18.7. The second kappa shape index (κ2) is 8.56. The van der Waals surface area contributed by atoms with Crippen LogP contribution in [-0.4, -0.2) is 15.0 Å². The summed E-state index contributed by atoms with van der Waals surface area (Å²) in [7, 11) is 0. The molecule has 1 atom stereocenters. The lowest BCUT2D eigenvalue weighted by Crippen LogP contribution is -2.10. The Morgan fingerprint density at radius 1 is 0.793 bits per heavy atom. The summed E-state index contributed by atoms with van der Waals surface area (Å²) < 4.78 is 0. The smallest absolute Gasteiger partial charge is 0.233 e. The maximum Gasteiger partial charge on any atom is 0.233 e. The standard InChI is InChI=1S/C23H24N6/c1-16-11-13-19(14-12-16)25-22-27-21(24-18-8-4-3-5-9-18)28-23(29-22)26-20-10-6-7-17(2)15-20/h3-11,13-16H,12H2,1-2H3,(H3,24,25,26,27,28,29). The fourth-order valence-corrected chi connectivity index (χ4v) is 3.00. The molecule has 1 aromatic heterocycles. The molecule has 0 bridgehead atoms. The lowest BCUT2D eigenvalue weighted by molar-refractivity contribution is 0.731. The lowest BCUT2D eigenvalue weighted by Gasteiger charge is -2.14. The predicted molar refractivity (Wildman–Crippen MR) is 119 cm³/mol. The maximum atomic E-state index is 4.55. The van der Waals surface area contributed by atoms with E-state index in [-0.39, 0.29) is 0 Å². The summed E-state index contributed by atoms with van der Waals surface area (Å²) >= 11 is 0. The maximum absolute atomic E-state index is 4.55. The molecule has 6 nitrogen and oxygen atoms in total. The van der Waals surface area contributed by atoms with Crippen molar-refractivity contribution in [1.29, 1.82) is 0 Å². The van der Waals surface area contributed by atoms with Crippen molar-refractivity contribution in [3.63, 3.8) is 0 Å². The molecule has 4 rings (SSSR count). The van der Waals surface area contributed by atoms with Crippen molar-refractivity contribution in [3.8, 4) is 0 Å². The van der Waals surface area contributed by atoms with Gasteiger partial charge in [0.1, 0.15) is 0 Å². The minimum atomic E-state index is 0.470. The molecular weight excluding hydrogens is 360 g/mol. The third kappa shape index (κ3) is 5.19. The van der Waals surface area contributed by atoms with E-state index in [1.807, 2.05) is 42.5 Å². The Balaban J connectivity index is 1.62. The molecule has 0 fully saturated rings. The Labute approximate surface area is 170 Å². The molecule has 1 heterocycles. The number of nitrogens with one attached hydrogen (secondary N) is 3. The first-order chi connectivity index (χ1) is 14.1. The zero-order valence-corrected chi connectivity index (χ0v) is 16.6. The monoisotopic (exact) mass is 384 g/mol. The van der Waals surface area contributed by atoms with Crippen molar-refractivity contribution in [2.45, 2.75) is 20.3 Å². The number of nitrogens with zero attached hydrogens (tertiary/aromatic N) is 3. The summed E-state index contributed by atoms with van der Waals surface area (Å²) in [5, 5.41) is 9.82. The molecule has 0 amide bonds. The minimum Gasteiger partial charge on any atom is -0.324 e. The average Bonchev–Trinajstić information content (AvgIpc) is 2.70. The number of aryl methyl sites for hydroxylation is 1. The van der Waals surface area contributed by atoms with Gasteiger partial charge in [0.2, 0.25) is 17.8 Å². The van der Waals surface area contributed by atoms with Gasteiger partial charge in [-0.2, -0.15) is 15.0 Å². The van der Waals surface area contributed by atoms with E-state index in [2.05, 4.69) is 75.1 Å². The number of hydrogen-bond donors (Lipinski definition) is 3. The second-order valence-corrected chi connectivity index (χ2v) is 7.15. The second-order valence-electron chi connectivity index (χ2n) is 7.15. The average molecular weight is 384 g/mol. The molecule has 6 heteroatoms. The number of allylic oxidation sites excluding steroid dienone is 3. The largest absolute Gasteiger partial charge is 0.324 e. The van der Waals surface area contributed by atoms with E-state index in [1.54, 1.807) is 0 Å². The van der Waals surface area contributed by atoms with Gasteiger partial charge in [0.25, 0.3) is 0 Å². The molecule has 3 aromatic rings. The topological polar surface area (TPSA) is 74.8 Å². The number of anilines is 5. The van der Waals surface area contributed by atoms with Crippen LogP contribution in [-0.2, 0) is 0 Å². The van der Waals surface area contributed by atoms with Gasteiger partial charge < -0.3 is 16.0 Å². The fourth-order valence-electron chi connectivity index (χ4n) is 3.00. The summed E-state index contributed by atoms with van der Waals surface area (Å²) in [4.78, 5) is 13.6. The van der Waals surface area contributed by atoms with Gasteiger partial charge in [0.05, 0.1) is 0 Å². The molecule has 29 heavy (non-hydrogen) atoms. The highest BCUT2D eigenvalue weighted by molar-refractivity contribution is 5.60. The van der Waals surface area contributed by atoms with E-state index in [1.165, 1.54) is 0 Å². The number of para-hydroxylation sites is 1. The number of hydrogen-bond acceptors (Lipinski definition) is 6. The van der Waals surface area contributed by atoms with Crippen LogP contribution in [0.5, 0.6) is 0 Å². The van der Waals surface area contributed by atoms with Crippen molar-refractivity contribution in [1.82, 2.24) is 15.0 Å². The molecular formula is C23H24N6. The molecule has 2 aromatic carbocycles. The summed E-state index contributed by atoms with van der Waals surface area (Å²) in [5.41, 5.74) is 3.99. The molecule has 0 spiro atoms. The predicted octanol–water partition coefficient (Wildman–Crippen LogP) is 5.56. The van der Waals surface area contributed by atoms with E-state index >= 15 is 0 Å². The molecule has 1 unspecified atom stereocenters. The van der Waals surface area contributed by atoms with E-state index in [4.69, 9.17) is 0 Å². The Bertz CT molecular complexity index is 1040. The van der Waals surface area contributed by atoms with Crippen molar-refractivity contribution < 1.29 is 0 Å². The molecule has 0 radical (unpaired) electrons. The van der Waals surface area contributed by atoms with Crippen LogP contribution in [0, 0.1) is 12.8 Å². The summed E-state index contributed by atoms with van der Waals surface area (Å²) in [6.45, 7) is 4.25. The van der Waals surface area contributed by atoms with Gasteiger partial charge >= 0.3 is 0 Å². The third-order valence-electron chi connectivity index (χ3n) is 4.51. The fraction of sp³-hybridized carbons (Fsp3) is 0.174. The molecule has 3 N–H and O–H groups in total. The molecule has 0 saturated heterocycles. The molecule has 0 aliphatic heterocycles. The Kier molecular flexibility index (Phi) is 5.52. The summed E-state index contributed by atoms with van der Waals surface area (Å²) in [6, 6.07) is 17.9. The van der Waals surface area contributed by atoms with Gasteiger partial charge in [0, 0.05) is 17.1 Å². The number of rotatable bonds is 6. The third-order valence-corrected chi connectivity index (χ3v) is 4.51. The van der Waals surface area contributed by atoms with Crippen molar-refractivity contribution in [2.24, 2.45) is 5.92 Å². The summed E-state index contributed by atoms with van der Waals surface area (Å²) in [6.07, 6.45) is 7.40. The van der Waals surface area contributed by atoms with Crippen LogP contribution < -0.4 is 16.0 Å². The zero-order valence-electron chi connectivity index (χ0n) is 16.6. The van der Waals surface area contributed by atoms with Crippen LogP contribution in [0.25, 0.3) is 0 Å². The number of benzene rings is 2. The van der Waals surface area contributed by atoms with E-state index in [0.29, 0.717) is 23.8 Å². The first-order valence-corrected chi connectivity index (χ1v) is 9.71. The van der Waals surface area contributed by atoms with Gasteiger partial charge in [-0.25, -0.2) is 0 Å². The van der Waals surface area contributed by atoms with Crippen molar-refractivity contribution in [3.05, 3.63) is 84.1 Å². The van der Waals surface area contributed by atoms with Crippen LogP contribution >= 0.6 is 0 Å². The Morgan fingerprint density at radius 3 is 2.10 bits per heavy atom. The highest BCUT2D eigenvalue weighted by atomic mass is 15.3. The Hall–Kier alpha value is -3.67.